The van der Waals surface area contributed by atoms with Gasteiger partial charge in [-0.3, -0.25) is 9.59 Å². The molecule has 0 bridgehead atoms. The topological polar surface area (TPSA) is 96.6 Å². The molecule has 4 aromatic carbocycles. The molecule has 1 heterocycles. The summed E-state index contributed by atoms with van der Waals surface area (Å²) in [7, 11) is 0. The van der Waals surface area contributed by atoms with Crippen molar-refractivity contribution in [1.29, 1.82) is 5.26 Å². The number of aromatic nitrogens is 3. The lowest BCUT2D eigenvalue weighted by Gasteiger charge is -2.28. The number of fused-ring (bicyclic) bond motifs is 4. The van der Waals surface area contributed by atoms with Crippen LogP contribution in [0.5, 0.6) is 0 Å². The van der Waals surface area contributed by atoms with Gasteiger partial charge in [-0.1, -0.05) is 78.3 Å². The van der Waals surface area contributed by atoms with Gasteiger partial charge in [0.1, 0.15) is 18.2 Å². The van der Waals surface area contributed by atoms with E-state index in [1.807, 2.05) is 66.7 Å². The van der Waals surface area contributed by atoms with E-state index in [1.54, 1.807) is 24.3 Å². The third kappa shape index (κ3) is 5.61. The summed E-state index contributed by atoms with van der Waals surface area (Å²) >= 11 is 6.09. The molecule has 0 saturated heterocycles. The van der Waals surface area contributed by atoms with Crippen molar-refractivity contribution >= 4 is 35.3 Å². The van der Waals surface area contributed by atoms with Crippen molar-refractivity contribution in [3.63, 3.8) is 0 Å². The zero-order chi connectivity index (χ0) is 29.9. The zero-order valence-electron chi connectivity index (χ0n) is 22.6. The summed E-state index contributed by atoms with van der Waals surface area (Å²) in [5, 5.41) is 19.2. The molecule has 43 heavy (non-hydrogen) atoms. The second kappa shape index (κ2) is 11.9. The number of rotatable bonds is 3. The first-order chi connectivity index (χ1) is 20.9. The van der Waals surface area contributed by atoms with E-state index in [9.17, 15) is 14.0 Å². The summed E-state index contributed by atoms with van der Waals surface area (Å²) < 4.78 is 13.6. The first-order valence-corrected chi connectivity index (χ1v) is 13.9. The van der Waals surface area contributed by atoms with E-state index in [-0.39, 0.29) is 23.1 Å². The number of carbonyl (C=O) groups is 2. The maximum atomic E-state index is 14.0. The highest BCUT2D eigenvalue weighted by Crippen LogP contribution is 2.35. The van der Waals surface area contributed by atoms with Gasteiger partial charge in [0.2, 0.25) is 0 Å². The number of Topliss-reactive ketones (excluding diaryl/α,β-unsaturated/α-hetero) is 2. The second-order valence-corrected chi connectivity index (χ2v) is 10.6. The van der Waals surface area contributed by atoms with Gasteiger partial charge in [-0.2, -0.15) is 5.26 Å². The van der Waals surface area contributed by atoms with Crippen LogP contribution < -0.4 is 10.4 Å². The van der Waals surface area contributed by atoms with E-state index >= 15 is 0 Å². The molecule has 0 fully saturated rings. The number of nitriles is 1. The fraction of sp³-hybridized carbons (Fsp3) is 0.0857. The number of benzene rings is 4. The van der Waals surface area contributed by atoms with Crippen LogP contribution in [0.25, 0.3) is 12.2 Å². The number of nitrogens with zero attached hydrogens (tertiary/aromatic N) is 4. The van der Waals surface area contributed by atoms with E-state index in [1.165, 1.54) is 24.7 Å². The van der Waals surface area contributed by atoms with E-state index in [4.69, 9.17) is 16.9 Å². The van der Waals surface area contributed by atoms with Gasteiger partial charge in [0.15, 0.2) is 17.3 Å². The maximum Gasteiger partial charge on any atom is 0.187 e. The molecule has 2 aliphatic rings. The second-order valence-electron chi connectivity index (χ2n) is 10.2. The lowest BCUT2D eigenvalue weighted by atomic mass is 9.73. The van der Waals surface area contributed by atoms with Crippen molar-refractivity contribution < 1.29 is 14.0 Å². The highest BCUT2D eigenvalue weighted by Gasteiger charge is 2.35. The molecule has 208 valence electrons. The Labute approximate surface area is 250 Å². The lowest BCUT2D eigenvalue weighted by molar-refractivity contribution is -0.120. The number of carbonyl (C=O) groups excluding carboxylic acids is 2. The van der Waals surface area contributed by atoms with Gasteiger partial charge in [-0.25, -0.2) is 9.37 Å². The summed E-state index contributed by atoms with van der Waals surface area (Å²) in [6.07, 6.45) is 6.65. The molecular weight excluding hydrogens is 563 g/mol. The van der Waals surface area contributed by atoms with Crippen LogP contribution in [0.1, 0.15) is 44.6 Å². The van der Waals surface area contributed by atoms with Crippen molar-refractivity contribution in [1.82, 2.24) is 15.2 Å². The van der Waals surface area contributed by atoms with Crippen LogP contribution >= 0.6 is 11.6 Å². The Morgan fingerprint density at radius 1 is 0.884 bits per heavy atom. The summed E-state index contributed by atoms with van der Waals surface area (Å²) in [5.41, 5.74) is 3.32. The number of hydrogen-bond donors (Lipinski definition) is 0. The molecule has 2 unspecified atom stereocenters. The van der Waals surface area contributed by atoms with Gasteiger partial charge < -0.3 is 0 Å². The van der Waals surface area contributed by atoms with E-state index in [2.05, 4.69) is 15.2 Å². The predicted molar refractivity (Wildman–Crippen MR) is 160 cm³/mol. The quantitative estimate of drug-likeness (QED) is 0.297. The van der Waals surface area contributed by atoms with Gasteiger partial charge in [-0.05, 0) is 74.3 Å². The normalized spacial score (nSPS) is 16.2. The number of hydrogen-bond acceptors (Lipinski definition) is 6. The minimum Gasteiger partial charge on any atom is -0.298 e. The number of halogens is 2. The van der Waals surface area contributed by atoms with Crippen LogP contribution in [0.2, 0.25) is 5.02 Å². The Bertz CT molecular complexity index is 2130. The van der Waals surface area contributed by atoms with Gasteiger partial charge in [0.25, 0.3) is 0 Å². The molecule has 5 aromatic rings. The molecular formula is C35H22ClFN4O2. The summed E-state index contributed by atoms with van der Waals surface area (Å²) in [6.45, 7) is 0. The fourth-order valence-corrected chi connectivity index (χ4v) is 5.76. The number of ketones is 2. The third-order valence-corrected chi connectivity index (χ3v) is 7.84. The van der Waals surface area contributed by atoms with Crippen molar-refractivity contribution in [2.24, 2.45) is 0 Å². The van der Waals surface area contributed by atoms with Gasteiger partial charge in [0, 0.05) is 16.5 Å². The predicted octanol–water partition coefficient (Wildman–Crippen LogP) is 4.96. The molecule has 0 saturated carbocycles. The molecule has 2 atom stereocenters. The molecule has 0 amide bonds. The van der Waals surface area contributed by atoms with Crippen molar-refractivity contribution in [3.8, 4) is 6.07 Å². The molecule has 6 nitrogen and oxygen atoms in total. The Morgan fingerprint density at radius 3 is 2.35 bits per heavy atom. The maximum absolute atomic E-state index is 14.0. The van der Waals surface area contributed by atoms with Gasteiger partial charge in [0.05, 0.1) is 12.1 Å². The minimum atomic E-state index is -0.524. The molecule has 0 N–H and O–H groups in total. The summed E-state index contributed by atoms with van der Waals surface area (Å²) in [5.74, 6) is -1.47. The highest BCUT2D eigenvalue weighted by molar-refractivity contribution is 6.30. The zero-order valence-corrected chi connectivity index (χ0v) is 23.4. The minimum absolute atomic E-state index is 0.000818. The van der Waals surface area contributed by atoms with Crippen LogP contribution in [-0.4, -0.2) is 26.7 Å². The molecule has 7 rings (SSSR count). The molecule has 8 heteroatoms. The molecule has 1 aromatic heterocycles. The standard InChI is InChI=1S/C31H20ClFO2.C4H2N4/c32-22-10-5-18(6-11-22)15-27-29-21(16-26(31(27)35)19-7-12-23(33)13-8-19)9-14-25-24-4-2-1-3-20(24)17-28(34)30(25)29;5-1-4-2-6-3-7-8-4/h1-14,16-17,26-27H,15H2;2-3H. The third-order valence-electron chi connectivity index (χ3n) is 7.59. The van der Waals surface area contributed by atoms with E-state index in [0.717, 1.165) is 37.6 Å². The first kappa shape index (κ1) is 27.8. The average Bonchev–Trinajstić information content (AvgIpc) is 3.04. The Hall–Kier alpha value is -5.32. The van der Waals surface area contributed by atoms with E-state index < -0.39 is 11.8 Å². The van der Waals surface area contributed by atoms with Crippen LogP contribution in [0, 0.1) is 27.6 Å². The van der Waals surface area contributed by atoms with Crippen molar-refractivity contribution in [2.45, 2.75) is 18.3 Å². The van der Waals surface area contributed by atoms with Crippen LogP contribution in [0.4, 0.5) is 4.39 Å². The smallest absolute Gasteiger partial charge is 0.187 e. The molecule has 0 radical (unpaired) electrons. The Morgan fingerprint density at radius 2 is 1.65 bits per heavy atom. The fourth-order valence-electron chi connectivity index (χ4n) is 5.64. The van der Waals surface area contributed by atoms with Crippen molar-refractivity contribution in [3.05, 3.63) is 157 Å². The molecule has 2 aliphatic carbocycles. The SMILES string of the molecule is N#Cc1cncnn1.O=C1C=c2ccccc2=c2ccc3c(c21)C(Cc1ccc(Cl)cc1)C(=O)C(c1ccc(F)cc1)C=3. The van der Waals surface area contributed by atoms with Crippen LogP contribution in [0.15, 0.2) is 97.5 Å². The van der Waals surface area contributed by atoms with Crippen LogP contribution in [0.3, 0.4) is 0 Å². The largest absolute Gasteiger partial charge is 0.298 e. The highest BCUT2D eigenvalue weighted by atomic mass is 35.5. The van der Waals surface area contributed by atoms with Crippen molar-refractivity contribution in [2.75, 3.05) is 0 Å². The Kier molecular flexibility index (Phi) is 7.69. The molecule has 0 aliphatic heterocycles. The molecule has 0 spiro atoms. The van der Waals surface area contributed by atoms with Gasteiger partial charge >= 0.3 is 0 Å². The van der Waals surface area contributed by atoms with E-state index in [0.29, 0.717) is 17.0 Å². The summed E-state index contributed by atoms with van der Waals surface area (Å²) in [6, 6.07) is 27.1. The Balaban J connectivity index is 0.000000359. The average molecular weight is 585 g/mol. The first-order valence-electron chi connectivity index (χ1n) is 13.5. The van der Waals surface area contributed by atoms with Gasteiger partial charge in [-0.15, -0.1) is 10.2 Å². The monoisotopic (exact) mass is 584 g/mol. The lowest BCUT2D eigenvalue weighted by Crippen LogP contribution is -2.35. The summed E-state index contributed by atoms with van der Waals surface area (Å²) in [4.78, 5) is 31.0. The van der Waals surface area contributed by atoms with Crippen LogP contribution in [-0.2, 0) is 11.2 Å².